The summed E-state index contributed by atoms with van der Waals surface area (Å²) in [5.41, 5.74) is -0.271. The van der Waals surface area contributed by atoms with Crippen LogP contribution in [-0.2, 0) is 6.54 Å². The predicted molar refractivity (Wildman–Crippen MR) is 90.4 cm³/mol. The number of halogens is 1. The molecule has 2 rings (SSSR count). The second-order valence-corrected chi connectivity index (χ2v) is 6.28. The fourth-order valence-electron chi connectivity index (χ4n) is 2.47. The van der Waals surface area contributed by atoms with E-state index >= 15 is 0 Å². The van der Waals surface area contributed by atoms with Crippen molar-refractivity contribution in [1.29, 1.82) is 0 Å². The van der Waals surface area contributed by atoms with E-state index in [0.29, 0.717) is 0 Å². The van der Waals surface area contributed by atoms with Gasteiger partial charge in [-0.15, -0.1) is 0 Å². The van der Waals surface area contributed by atoms with Crippen molar-refractivity contribution in [3.63, 3.8) is 0 Å². The quantitative estimate of drug-likeness (QED) is 0.884. The van der Waals surface area contributed by atoms with Gasteiger partial charge in [-0.3, -0.25) is 4.79 Å². The summed E-state index contributed by atoms with van der Waals surface area (Å²) in [5.74, 6) is -1.17. The summed E-state index contributed by atoms with van der Waals surface area (Å²) in [6, 6.07) is 13.8. The van der Waals surface area contributed by atoms with Gasteiger partial charge < -0.3 is 14.7 Å². The lowest BCUT2D eigenvalue weighted by Gasteiger charge is -2.29. The zero-order valence-corrected chi connectivity index (χ0v) is 14.1. The van der Waals surface area contributed by atoms with Gasteiger partial charge in [0.15, 0.2) is 11.6 Å². The van der Waals surface area contributed by atoms with Crippen molar-refractivity contribution in [3.8, 4) is 5.75 Å². The van der Waals surface area contributed by atoms with Crippen LogP contribution >= 0.6 is 0 Å². The maximum atomic E-state index is 14.4. The zero-order valence-electron chi connectivity index (χ0n) is 14.1. The Morgan fingerprint density at radius 1 is 1.17 bits per heavy atom. The molecule has 2 aromatic rings. The molecule has 5 heteroatoms. The summed E-state index contributed by atoms with van der Waals surface area (Å²) < 4.78 is 19.4. The predicted octanol–water partition coefficient (Wildman–Crippen LogP) is 3.25. The van der Waals surface area contributed by atoms with Crippen LogP contribution in [-0.4, -0.2) is 35.2 Å². The number of carbonyl (C=O) groups is 1. The highest BCUT2D eigenvalue weighted by Crippen LogP contribution is 2.23. The molecule has 0 radical (unpaired) electrons. The maximum Gasteiger partial charge on any atom is 0.257 e. The van der Waals surface area contributed by atoms with Gasteiger partial charge in [0.25, 0.3) is 5.91 Å². The molecular formula is C19H22FNO3. The van der Waals surface area contributed by atoms with Crippen LogP contribution in [0.2, 0.25) is 0 Å². The molecule has 0 atom stereocenters. The molecule has 0 saturated carbocycles. The van der Waals surface area contributed by atoms with Crippen molar-refractivity contribution >= 4 is 5.91 Å². The Morgan fingerprint density at radius 3 is 2.42 bits per heavy atom. The van der Waals surface area contributed by atoms with Crippen molar-refractivity contribution in [1.82, 2.24) is 4.90 Å². The van der Waals surface area contributed by atoms with Gasteiger partial charge in [0.2, 0.25) is 0 Å². The highest BCUT2D eigenvalue weighted by Gasteiger charge is 2.26. The number of methoxy groups -OCH3 is 1. The number of carbonyl (C=O) groups excluding carboxylic acids is 1. The molecule has 0 spiro atoms. The summed E-state index contributed by atoms with van der Waals surface area (Å²) >= 11 is 0. The van der Waals surface area contributed by atoms with Crippen molar-refractivity contribution in [3.05, 3.63) is 65.5 Å². The Balaban J connectivity index is 2.34. The van der Waals surface area contributed by atoms with Crippen LogP contribution in [0.4, 0.5) is 4.39 Å². The van der Waals surface area contributed by atoms with Gasteiger partial charge in [-0.05, 0) is 31.5 Å². The van der Waals surface area contributed by atoms with E-state index < -0.39 is 17.3 Å². The van der Waals surface area contributed by atoms with Gasteiger partial charge in [-0.2, -0.15) is 0 Å². The largest absolute Gasteiger partial charge is 0.494 e. The summed E-state index contributed by atoms with van der Waals surface area (Å²) in [6.07, 6.45) is 0. The first-order valence-electron chi connectivity index (χ1n) is 7.70. The number of ether oxygens (including phenoxy) is 1. The first-order valence-corrected chi connectivity index (χ1v) is 7.70. The van der Waals surface area contributed by atoms with E-state index in [0.717, 1.165) is 5.56 Å². The van der Waals surface area contributed by atoms with Crippen LogP contribution in [0.25, 0.3) is 0 Å². The molecule has 0 saturated heterocycles. The van der Waals surface area contributed by atoms with Crippen molar-refractivity contribution < 1.29 is 19.0 Å². The first kappa shape index (κ1) is 17.9. The minimum absolute atomic E-state index is 0.0174. The van der Waals surface area contributed by atoms with Crippen LogP contribution in [0, 0.1) is 5.82 Å². The van der Waals surface area contributed by atoms with Crippen LogP contribution < -0.4 is 4.74 Å². The average Bonchev–Trinajstić information content (AvgIpc) is 2.53. The van der Waals surface area contributed by atoms with E-state index in [1.807, 2.05) is 30.3 Å². The summed E-state index contributed by atoms with van der Waals surface area (Å²) in [5, 5.41) is 10.1. The zero-order chi connectivity index (χ0) is 17.7. The molecule has 1 amide bonds. The van der Waals surface area contributed by atoms with E-state index in [9.17, 15) is 14.3 Å². The lowest BCUT2D eigenvalue weighted by atomic mass is 10.1. The molecule has 0 fully saturated rings. The van der Waals surface area contributed by atoms with Gasteiger partial charge in [0, 0.05) is 13.1 Å². The number of nitrogens with zero attached hydrogens (tertiary/aromatic N) is 1. The average molecular weight is 331 g/mol. The van der Waals surface area contributed by atoms with Gasteiger partial charge in [-0.25, -0.2) is 4.39 Å². The lowest BCUT2D eigenvalue weighted by Crippen LogP contribution is -2.42. The number of aliphatic hydroxyl groups is 1. The van der Waals surface area contributed by atoms with E-state index in [1.165, 1.54) is 24.1 Å². The molecule has 2 aromatic carbocycles. The fourth-order valence-corrected chi connectivity index (χ4v) is 2.47. The minimum atomic E-state index is -1.10. The number of benzene rings is 2. The van der Waals surface area contributed by atoms with Crippen LogP contribution in [0.15, 0.2) is 48.5 Å². The van der Waals surface area contributed by atoms with E-state index in [4.69, 9.17) is 4.74 Å². The Labute approximate surface area is 141 Å². The SMILES string of the molecule is COc1cccc(C(=O)N(Cc2ccccc2)CC(C)(C)O)c1F. The molecule has 0 heterocycles. The van der Waals surface area contributed by atoms with Crippen molar-refractivity contribution in [2.45, 2.75) is 26.0 Å². The van der Waals surface area contributed by atoms with Crippen molar-refractivity contribution in [2.24, 2.45) is 0 Å². The van der Waals surface area contributed by atoms with Crippen molar-refractivity contribution in [2.75, 3.05) is 13.7 Å². The second-order valence-electron chi connectivity index (χ2n) is 6.28. The van der Waals surface area contributed by atoms with Gasteiger partial charge in [0.05, 0.1) is 18.3 Å². The molecule has 1 N–H and O–H groups in total. The van der Waals surface area contributed by atoms with E-state index in [-0.39, 0.29) is 24.4 Å². The number of amides is 1. The Hall–Kier alpha value is -2.40. The Kier molecular flexibility index (Phi) is 5.57. The molecule has 0 aliphatic carbocycles. The van der Waals surface area contributed by atoms with E-state index in [1.54, 1.807) is 19.9 Å². The molecule has 0 aliphatic heterocycles. The third kappa shape index (κ3) is 4.55. The molecule has 128 valence electrons. The van der Waals surface area contributed by atoms with Gasteiger partial charge >= 0.3 is 0 Å². The normalized spacial score (nSPS) is 11.2. The first-order chi connectivity index (χ1) is 11.3. The minimum Gasteiger partial charge on any atom is -0.494 e. The number of hydrogen-bond acceptors (Lipinski definition) is 3. The molecule has 24 heavy (non-hydrogen) atoms. The summed E-state index contributed by atoms with van der Waals surface area (Å²) in [6.45, 7) is 3.58. The van der Waals surface area contributed by atoms with Gasteiger partial charge in [-0.1, -0.05) is 36.4 Å². The molecule has 0 bridgehead atoms. The standard InChI is InChI=1S/C19H22FNO3/c1-19(2,23)13-21(12-14-8-5-4-6-9-14)18(22)15-10-7-11-16(24-3)17(15)20/h4-11,23H,12-13H2,1-3H3. The Bertz CT molecular complexity index is 696. The van der Waals surface area contributed by atoms with Crippen LogP contribution in [0.1, 0.15) is 29.8 Å². The van der Waals surface area contributed by atoms with Gasteiger partial charge in [0.1, 0.15) is 0 Å². The third-order valence-corrected chi connectivity index (χ3v) is 3.49. The number of rotatable bonds is 6. The Morgan fingerprint density at radius 2 is 1.83 bits per heavy atom. The molecule has 0 aliphatic rings. The second kappa shape index (κ2) is 7.45. The topological polar surface area (TPSA) is 49.8 Å². The molecule has 0 aromatic heterocycles. The molecule has 4 nitrogen and oxygen atoms in total. The lowest BCUT2D eigenvalue weighted by molar-refractivity contribution is 0.0277. The maximum absolute atomic E-state index is 14.4. The fraction of sp³-hybridized carbons (Fsp3) is 0.316. The monoisotopic (exact) mass is 331 g/mol. The summed E-state index contributed by atoms with van der Waals surface area (Å²) in [4.78, 5) is 14.3. The highest BCUT2D eigenvalue weighted by atomic mass is 19.1. The molecular weight excluding hydrogens is 309 g/mol. The third-order valence-electron chi connectivity index (χ3n) is 3.49. The summed E-state index contributed by atoms with van der Waals surface area (Å²) in [7, 11) is 1.35. The highest BCUT2D eigenvalue weighted by molar-refractivity contribution is 5.95. The van der Waals surface area contributed by atoms with E-state index in [2.05, 4.69) is 0 Å². The van der Waals surface area contributed by atoms with Crippen LogP contribution in [0.5, 0.6) is 5.75 Å². The molecule has 0 unspecified atom stereocenters. The van der Waals surface area contributed by atoms with Crippen LogP contribution in [0.3, 0.4) is 0 Å². The smallest absolute Gasteiger partial charge is 0.257 e. The number of hydrogen-bond donors (Lipinski definition) is 1.